The zero-order valence-electron chi connectivity index (χ0n) is 14.7. The van der Waals surface area contributed by atoms with Crippen LogP contribution in [0.15, 0.2) is 76.8 Å². The van der Waals surface area contributed by atoms with Crippen molar-refractivity contribution in [2.75, 3.05) is 5.75 Å². The molecule has 0 aliphatic rings. The molecular formula is C20H16N4O3S. The maximum atomic E-state index is 12.3. The number of H-pyrrole nitrogens is 1. The van der Waals surface area contributed by atoms with E-state index in [9.17, 15) is 9.59 Å². The molecule has 0 amide bonds. The summed E-state index contributed by atoms with van der Waals surface area (Å²) >= 11 is 1.12. The fourth-order valence-corrected chi connectivity index (χ4v) is 3.29. The van der Waals surface area contributed by atoms with Gasteiger partial charge in [-0.3, -0.25) is 9.59 Å². The third kappa shape index (κ3) is 3.96. The van der Waals surface area contributed by atoms with Gasteiger partial charge in [0.2, 0.25) is 0 Å². The molecule has 0 fully saturated rings. The zero-order chi connectivity index (χ0) is 19.3. The van der Waals surface area contributed by atoms with Crippen LogP contribution in [0.25, 0.3) is 16.7 Å². The number of benzene rings is 2. The summed E-state index contributed by atoms with van der Waals surface area (Å²) in [5, 5.41) is 4.99. The van der Waals surface area contributed by atoms with Gasteiger partial charge in [0.15, 0.2) is 10.8 Å². The highest BCUT2D eigenvalue weighted by molar-refractivity contribution is 7.99. The van der Waals surface area contributed by atoms with Crippen LogP contribution in [-0.4, -0.2) is 31.5 Å². The molecule has 0 unspecified atom stereocenters. The molecular weight excluding hydrogens is 376 g/mol. The highest BCUT2D eigenvalue weighted by Gasteiger charge is 2.13. The molecule has 0 atom stereocenters. The van der Waals surface area contributed by atoms with Crippen molar-refractivity contribution in [1.82, 2.24) is 19.7 Å². The number of fused-ring (bicyclic) bond motifs is 1. The Hall–Kier alpha value is -3.39. The molecule has 0 bridgehead atoms. The Labute approximate surface area is 164 Å². The van der Waals surface area contributed by atoms with Gasteiger partial charge in [-0.2, -0.15) is 5.10 Å². The van der Waals surface area contributed by atoms with Crippen LogP contribution in [0.2, 0.25) is 0 Å². The number of aromatic nitrogens is 4. The van der Waals surface area contributed by atoms with Crippen LogP contribution in [0, 0.1) is 0 Å². The summed E-state index contributed by atoms with van der Waals surface area (Å²) in [7, 11) is 0. The highest BCUT2D eigenvalue weighted by atomic mass is 32.2. The summed E-state index contributed by atoms with van der Waals surface area (Å²) in [6.45, 7) is 0.212. The van der Waals surface area contributed by atoms with E-state index in [0.717, 1.165) is 23.0 Å². The Morgan fingerprint density at radius 2 is 1.79 bits per heavy atom. The van der Waals surface area contributed by atoms with E-state index < -0.39 is 0 Å². The molecule has 0 spiro atoms. The van der Waals surface area contributed by atoms with E-state index in [0.29, 0.717) is 16.2 Å². The number of rotatable bonds is 6. The Morgan fingerprint density at radius 3 is 2.54 bits per heavy atom. The number of para-hydroxylation sites is 1. The lowest BCUT2D eigenvalue weighted by atomic mass is 10.2. The number of ether oxygens (including phenoxy) is 1. The van der Waals surface area contributed by atoms with Crippen molar-refractivity contribution in [1.29, 1.82) is 0 Å². The largest absolute Gasteiger partial charge is 0.460 e. The van der Waals surface area contributed by atoms with Gasteiger partial charge in [0.1, 0.15) is 12.0 Å². The average Bonchev–Trinajstić information content (AvgIpc) is 3.17. The van der Waals surface area contributed by atoms with E-state index in [1.165, 1.54) is 6.20 Å². The number of carbonyl (C=O) groups is 1. The van der Waals surface area contributed by atoms with E-state index in [1.807, 2.05) is 60.7 Å². The number of nitrogens with zero attached hydrogens (tertiary/aromatic N) is 3. The average molecular weight is 392 g/mol. The minimum Gasteiger partial charge on any atom is -0.460 e. The van der Waals surface area contributed by atoms with Crippen molar-refractivity contribution in [3.63, 3.8) is 0 Å². The fraction of sp³-hybridized carbons (Fsp3) is 0.100. The van der Waals surface area contributed by atoms with Crippen LogP contribution in [0.1, 0.15) is 5.56 Å². The second kappa shape index (κ2) is 8.10. The van der Waals surface area contributed by atoms with Crippen LogP contribution in [0.5, 0.6) is 0 Å². The summed E-state index contributed by atoms with van der Waals surface area (Å²) in [6, 6.07) is 18.9. The maximum Gasteiger partial charge on any atom is 0.316 e. The Kier molecular flexibility index (Phi) is 5.20. The summed E-state index contributed by atoms with van der Waals surface area (Å²) < 4.78 is 6.85. The monoisotopic (exact) mass is 392 g/mol. The van der Waals surface area contributed by atoms with E-state index in [-0.39, 0.29) is 23.9 Å². The molecule has 0 saturated carbocycles. The number of hydrogen-bond acceptors (Lipinski definition) is 6. The Morgan fingerprint density at radius 1 is 1.07 bits per heavy atom. The van der Waals surface area contributed by atoms with Crippen molar-refractivity contribution >= 4 is 28.8 Å². The molecule has 2 aromatic heterocycles. The van der Waals surface area contributed by atoms with Crippen LogP contribution in [-0.2, 0) is 16.1 Å². The van der Waals surface area contributed by atoms with E-state index in [1.54, 1.807) is 4.68 Å². The van der Waals surface area contributed by atoms with Crippen molar-refractivity contribution < 1.29 is 9.53 Å². The van der Waals surface area contributed by atoms with Gasteiger partial charge in [-0.1, -0.05) is 60.3 Å². The standard InChI is InChI=1S/C20H16N4O3S/c25-17(27-12-14-7-3-1-4-8-14)13-28-20-22-18-16(19(26)23-20)11-21-24(18)15-9-5-2-6-10-15/h1-11H,12-13H2,(H,22,23,26). The first kappa shape index (κ1) is 18.0. The zero-order valence-corrected chi connectivity index (χ0v) is 15.6. The van der Waals surface area contributed by atoms with Gasteiger partial charge in [0.25, 0.3) is 5.56 Å². The molecule has 0 radical (unpaired) electrons. The normalized spacial score (nSPS) is 10.9. The fourth-order valence-electron chi connectivity index (χ4n) is 2.63. The van der Waals surface area contributed by atoms with E-state index in [4.69, 9.17) is 4.74 Å². The molecule has 1 N–H and O–H groups in total. The SMILES string of the molecule is O=C(CSc1nc2c(cnn2-c2ccccc2)c(=O)[nH]1)OCc1ccccc1. The van der Waals surface area contributed by atoms with Gasteiger partial charge in [-0.05, 0) is 17.7 Å². The molecule has 0 saturated heterocycles. The third-order valence-electron chi connectivity index (χ3n) is 3.99. The van der Waals surface area contributed by atoms with Gasteiger partial charge in [-0.25, -0.2) is 9.67 Å². The molecule has 0 aliphatic heterocycles. The van der Waals surface area contributed by atoms with Crippen LogP contribution >= 0.6 is 11.8 Å². The Bertz CT molecular complexity index is 1160. The lowest BCUT2D eigenvalue weighted by Crippen LogP contribution is -2.12. The molecule has 2 heterocycles. The molecule has 28 heavy (non-hydrogen) atoms. The van der Waals surface area contributed by atoms with Crippen molar-refractivity contribution in [3.05, 3.63) is 82.8 Å². The lowest BCUT2D eigenvalue weighted by Gasteiger charge is -2.05. The van der Waals surface area contributed by atoms with E-state index >= 15 is 0 Å². The summed E-state index contributed by atoms with van der Waals surface area (Å²) in [6.07, 6.45) is 1.48. The number of aromatic amines is 1. The molecule has 0 aliphatic carbocycles. The molecule has 4 rings (SSSR count). The van der Waals surface area contributed by atoms with Gasteiger partial charge in [0, 0.05) is 0 Å². The lowest BCUT2D eigenvalue weighted by molar-refractivity contribution is -0.141. The topological polar surface area (TPSA) is 89.9 Å². The highest BCUT2D eigenvalue weighted by Crippen LogP contribution is 2.18. The molecule has 4 aromatic rings. The molecule has 8 heteroatoms. The summed E-state index contributed by atoms with van der Waals surface area (Å²) in [4.78, 5) is 31.5. The predicted molar refractivity (Wildman–Crippen MR) is 106 cm³/mol. The van der Waals surface area contributed by atoms with Crippen molar-refractivity contribution in [3.8, 4) is 5.69 Å². The summed E-state index contributed by atoms with van der Waals surface area (Å²) in [5.74, 6) is -0.339. The van der Waals surface area contributed by atoms with Gasteiger partial charge in [-0.15, -0.1) is 0 Å². The first-order chi connectivity index (χ1) is 13.7. The van der Waals surface area contributed by atoms with Crippen LogP contribution in [0.4, 0.5) is 0 Å². The second-order valence-electron chi connectivity index (χ2n) is 5.94. The molecule has 2 aromatic carbocycles. The van der Waals surface area contributed by atoms with Gasteiger partial charge in [0.05, 0.1) is 17.6 Å². The van der Waals surface area contributed by atoms with Crippen molar-refractivity contribution in [2.45, 2.75) is 11.8 Å². The number of thioether (sulfide) groups is 1. The predicted octanol–water partition coefficient (Wildman–Crippen LogP) is 2.94. The number of carbonyl (C=O) groups excluding carboxylic acids is 1. The molecule has 140 valence electrons. The quantitative estimate of drug-likeness (QED) is 0.308. The van der Waals surface area contributed by atoms with Gasteiger partial charge < -0.3 is 9.72 Å². The molecule has 7 nitrogen and oxygen atoms in total. The third-order valence-corrected chi connectivity index (χ3v) is 4.83. The Balaban J connectivity index is 1.48. The van der Waals surface area contributed by atoms with Crippen LogP contribution in [0.3, 0.4) is 0 Å². The number of nitrogens with one attached hydrogen (secondary N) is 1. The number of esters is 1. The minimum absolute atomic E-state index is 0.0424. The second-order valence-corrected chi connectivity index (χ2v) is 6.90. The van der Waals surface area contributed by atoms with Crippen LogP contribution < -0.4 is 5.56 Å². The number of hydrogen-bond donors (Lipinski definition) is 1. The van der Waals surface area contributed by atoms with Gasteiger partial charge >= 0.3 is 5.97 Å². The first-order valence-corrected chi connectivity index (χ1v) is 9.55. The minimum atomic E-state index is -0.381. The first-order valence-electron chi connectivity index (χ1n) is 8.56. The van der Waals surface area contributed by atoms with Crippen molar-refractivity contribution in [2.24, 2.45) is 0 Å². The smallest absolute Gasteiger partial charge is 0.316 e. The van der Waals surface area contributed by atoms with E-state index in [2.05, 4.69) is 15.1 Å². The maximum absolute atomic E-state index is 12.3. The summed E-state index contributed by atoms with van der Waals surface area (Å²) in [5.41, 5.74) is 1.86.